The highest BCUT2D eigenvalue weighted by molar-refractivity contribution is 8.76. The second-order valence-electron chi connectivity index (χ2n) is 13.1. The molecule has 6 rings (SSSR count). The molecule has 2 aliphatic rings. The topological polar surface area (TPSA) is 179 Å². The molecule has 0 amide bonds. The first kappa shape index (κ1) is 44.2. The summed E-state index contributed by atoms with van der Waals surface area (Å²) in [7, 11) is 2.96. The van der Waals surface area contributed by atoms with E-state index in [1.54, 1.807) is 25.0 Å². The molecule has 2 saturated heterocycles. The summed E-state index contributed by atoms with van der Waals surface area (Å²) >= 11 is 0. The number of aromatic nitrogens is 2. The smallest absolute Gasteiger partial charge is 0.475 e. The molecule has 1 N–H and O–H groups in total. The van der Waals surface area contributed by atoms with Crippen LogP contribution in [0.1, 0.15) is 29.3 Å². The largest absolute Gasteiger partial charge is 0.497 e. The molecule has 0 spiro atoms. The Labute approximate surface area is 349 Å². The van der Waals surface area contributed by atoms with E-state index < -0.39 is 61.4 Å². The summed E-state index contributed by atoms with van der Waals surface area (Å²) in [5, 5.41) is 9.35. The number of aromatic amines is 1. The van der Waals surface area contributed by atoms with E-state index >= 15 is 0 Å². The third-order valence-electron chi connectivity index (χ3n) is 9.64. The van der Waals surface area contributed by atoms with Gasteiger partial charge in [0, 0.05) is 30.9 Å². The van der Waals surface area contributed by atoms with Crippen molar-refractivity contribution in [3.05, 3.63) is 129 Å². The van der Waals surface area contributed by atoms with Gasteiger partial charge in [0.15, 0.2) is 6.23 Å². The van der Waals surface area contributed by atoms with Crippen LogP contribution in [0.2, 0.25) is 0 Å². The predicted octanol–water partition coefficient (Wildman–Crippen LogP) is 5.70. The number of H-pyrrole nitrogens is 1. The van der Waals surface area contributed by atoms with E-state index in [0.717, 1.165) is 21.3 Å². The van der Waals surface area contributed by atoms with Crippen molar-refractivity contribution >= 4 is 29.4 Å². The third-order valence-corrected chi connectivity index (χ3v) is 13.6. The van der Waals surface area contributed by atoms with E-state index in [1.165, 1.54) is 30.2 Å². The summed E-state index contributed by atoms with van der Waals surface area (Å²) in [5.41, 5.74) is -0.517. The van der Waals surface area contributed by atoms with Crippen LogP contribution in [0.3, 0.4) is 0 Å². The Kier molecular flexibility index (Phi) is 15.5. The van der Waals surface area contributed by atoms with Crippen molar-refractivity contribution in [2.45, 2.75) is 48.8 Å². The van der Waals surface area contributed by atoms with Crippen LogP contribution >= 0.6 is 29.4 Å². The van der Waals surface area contributed by atoms with Crippen molar-refractivity contribution in [3.63, 3.8) is 0 Å². The number of nitrogens with zero attached hydrogens (tertiary/aromatic N) is 2. The third kappa shape index (κ3) is 10.3. The highest BCUT2D eigenvalue weighted by atomic mass is 33.1. The lowest BCUT2D eigenvalue weighted by Gasteiger charge is -2.37. The Morgan fingerprint density at radius 1 is 0.881 bits per heavy atom. The Morgan fingerprint density at radius 2 is 1.51 bits per heavy atom. The van der Waals surface area contributed by atoms with Crippen LogP contribution in [0, 0.1) is 23.7 Å². The Hall–Kier alpha value is -4.36. The van der Waals surface area contributed by atoms with Gasteiger partial charge >= 0.3 is 13.5 Å². The van der Waals surface area contributed by atoms with E-state index in [2.05, 4.69) is 10.9 Å². The summed E-state index contributed by atoms with van der Waals surface area (Å²) in [4.78, 5) is 27.6. The van der Waals surface area contributed by atoms with Gasteiger partial charge in [0.1, 0.15) is 48.1 Å². The second-order valence-corrected chi connectivity index (χ2v) is 17.2. The number of phosphoric acid groups is 1. The van der Waals surface area contributed by atoms with Crippen molar-refractivity contribution in [1.82, 2.24) is 9.55 Å². The Bertz CT molecular complexity index is 2180. The fraction of sp³-hybridized carbons (Fsp3) is 0.390. The monoisotopic (exact) mass is 865 g/mol. The summed E-state index contributed by atoms with van der Waals surface area (Å²) in [6, 6.07) is 27.6. The van der Waals surface area contributed by atoms with Crippen LogP contribution in [0.5, 0.6) is 11.5 Å². The van der Waals surface area contributed by atoms with Crippen LogP contribution in [-0.4, -0.2) is 92.7 Å². The second kappa shape index (κ2) is 20.7. The molecular formula is C41H44N3O12PS2. The maximum Gasteiger partial charge on any atom is 0.475 e. The minimum absolute atomic E-state index is 0.00101. The van der Waals surface area contributed by atoms with Crippen LogP contribution in [-0.2, 0) is 42.7 Å². The van der Waals surface area contributed by atoms with Crippen molar-refractivity contribution in [2.24, 2.45) is 0 Å². The molecule has 3 aromatic carbocycles. The quantitative estimate of drug-likeness (QED) is 0.0399. The summed E-state index contributed by atoms with van der Waals surface area (Å²) in [6.45, 7) is -0.549. The SMILES string of the molecule is C#CCOC1CSSCC1OP(=O)(OCCC#N)O[C@H]1[C@@H](OC)[C@H](n2ccc(=O)[nH]c2=O)O[C@@H]1COC(c1ccccc1)(c1ccc(OC)cc1)c1ccc(OC)cc1. The molecular weight excluding hydrogens is 822 g/mol. The average Bonchev–Trinajstić information content (AvgIpc) is 3.60. The van der Waals surface area contributed by atoms with Gasteiger partial charge < -0.3 is 28.4 Å². The van der Waals surface area contributed by atoms with Crippen molar-refractivity contribution in [3.8, 4) is 29.9 Å². The molecule has 0 radical (unpaired) electrons. The molecule has 0 aliphatic carbocycles. The number of terminal acetylenes is 1. The number of nitriles is 1. The molecule has 3 heterocycles. The normalized spacial score (nSPS) is 22.8. The van der Waals surface area contributed by atoms with E-state index in [1.807, 2.05) is 84.9 Å². The van der Waals surface area contributed by atoms with Gasteiger partial charge in [0.25, 0.3) is 5.56 Å². The van der Waals surface area contributed by atoms with Crippen LogP contribution in [0.15, 0.2) is 101 Å². The van der Waals surface area contributed by atoms with Gasteiger partial charge in [-0.1, -0.05) is 82.1 Å². The first-order valence-electron chi connectivity index (χ1n) is 18.4. The zero-order chi connectivity index (χ0) is 41.8. The average molecular weight is 866 g/mol. The number of hydrogen-bond acceptors (Lipinski definition) is 15. The molecule has 312 valence electrons. The highest BCUT2D eigenvalue weighted by Crippen LogP contribution is 2.56. The van der Waals surface area contributed by atoms with Crippen LogP contribution in [0.4, 0.5) is 0 Å². The number of benzene rings is 3. The van der Waals surface area contributed by atoms with Gasteiger partial charge in [-0.15, -0.1) is 6.42 Å². The lowest BCUT2D eigenvalue weighted by atomic mass is 9.80. The fourth-order valence-corrected chi connectivity index (χ4v) is 10.9. The number of ether oxygens (including phenoxy) is 6. The standard InChI is InChI=1S/C41H44N3O12PS2/c1-5-23-51-34-26-58-59-27-35(34)55-57(47,53-24-9-21-42)56-37-33(54-39(38(37)50-4)44-22-20-36(45)43-40(44)46)25-52-41(28-10-7-6-8-11-28,29-12-16-31(48-2)17-13-29)30-14-18-32(49-3)19-15-30/h1,6-8,10-20,22,33-35,37-39H,9,23-27H2,2-4H3,(H,43,45,46)/t33-,34?,35?,37-,38-,39-,57?/m1/s1. The zero-order valence-electron chi connectivity index (χ0n) is 32.5. The van der Waals surface area contributed by atoms with E-state index in [9.17, 15) is 19.4 Å². The Balaban J connectivity index is 1.45. The molecule has 0 bridgehead atoms. The van der Waals surface area contributed by atoms with Crippen molar-refractivity contribution in [2.75, 3.05) is 52.7 Å². The van der Waals surface area contributed by atoms with E-state index in [0.29, 0.717) is 23.0 Å². The van der Waals surface area contributed by atoms with Gasteiger partial charge in [-0.25, -0.2) is 9.36 Å². The zero-order valence-corrected chi connectivity index (χ0v) is 35.0. The number of phosphoric ester groups is 1. The number of methoxy groups -OCH3 is 3. The van der Waals surface area contributed by atoms with Gasteiger partial charge in [0.05, 0.1) is 46.0 Å². The van der Waals surface area contributed by atoms with Crippen LogP contribution < -0.4 is 20.7 Å². The van der Waals surface area contributed by atoms with Crippen molar-refractivity contribution < 1.29 is 46.6 Å². The molecule has 15 nitrogen and oxygen atoms in total. The molecule has 18 heteroatoms. The van der Waals surface area contributed by atoms with Gasteiger partial charge in [-0.3, -0.25) is 27.9 Å². The van der Waals surface area contributed by atoms with E-state index in [4.69, 9.17) is 48.4 Å². The molecule has 0 saturated carbocycles. The molecule has 4 aromatic rings. The summed E-state index contributed by atoms with van der Waals surface area (Å²) < 4.78 is 71.0. The van der Waals surface area contributed by atoms with Gasteiger partial charge in [-0.2, -0.15) is 5.26 Å². The molecule has 2 fully saturated rings. The first-order chi connectivity index (χ1) is 28.7. The molecule has 3 unspecified atom stereocenters. The number of hydrogen-bond donors (Lipinski definition) is 1. The number of nitrogens with one attached hydrogen (secondary N) is 1. The van der Waals surface area contributed by atoms with Gasteiger partial charge in [-0.05, 0) is 41.0 Å². The maximum absolute atomic E-state index is 14.9. The predicted molar refractivity (Wildman–Crippen MR) is 221 cm³/mol. The molecule has 59 heavy (non-hydrogen) atoms. The van der Waals surface area contributed by atoms with Crippen molar-refractivity contribution in [1.29, 1.82) is 5.26 Å². The molecule has 7 atom stereocenters. The molecule has 1 aromatic heterocycles. The minimum atomic E-state index is -4.61. The Morgan fingerprint density at radius 3 is 2.08 bits per heavy atom. The highest BCUT2D eigenvalue weighted by Gasteiger charge is 2.53. The minimum Gasteiger partial charge on any atom is -0.497 e. The lowest BCUT2D eigenvalue weighted by Crippen LogP contribution is -2.42. The van der Waals surface area contributed by atoms with Gasteiger partial charge in [0.2, 0.25) is 0 Å². The summed E-state index contributed by atoms with van der Waals surface area (Å²) in [5.74, 6) is 4.54. The molecule has 2 aliphatic heterocycles. The summed E-state index contributed by atoms with van der Waals surface area (Å²) in [6.07, 6.45) is 0.471. The first-order valence-corrected chi connectivity index (χ1v) is 22.4. The van der Waals surface area contributed by atoms with Crippen LogP contribution in [0.25, 0.3) is 0 Å². The number of rotatable bonds is 19. The van der Waals surface area contributed by atoms with E-state index in [-0.39, 0.29) is 26.2 Å². The maximum atomic E-state index is 14.9. The lowest BCUT2D eigenvalue weighted by molar-refractivity contribution is -0.0977. The fourth-order valence-electron chi connectivity index (χ4n) is 6.81.